The van der Waals surface area contributed by atoms with Crippen LogP contribution in [0.4, 0.5) is 5.69 Å². The minimum absolute atomic E-state index is 0.0741. The zero-order valence-electron chi connectivity index (χ0n) is 14.0. The Bertz CT molecular complexity index is 768. The lowest BCUT2D eigenvalue weighted by atomic mass is 9.90. The molecule has 2 N–H and O–H groups in total. The van der Waals surface area contributed by atoms with Gasteiger partial charge in [-0.25, -0.2) is 4.79 Å². The molecule has 5 nitrogen and oxygen atoms in total. The van der Waals surface area contributed by atoms with Gasteiger partial charge >= 0.3 is 5.97 Å². The van der Waals surface area contributed by atoms with E-state index in [-0.39, 0.29) is 12.5 Å². The van der Waals surface area contributed by atoms with Crippen molar-refractivity contribution in [3.05, 3.63) is 59.2 Å². The summed E-state index contributed by atoms with van der Waals surface area (Å²) in [5, 5.41) is 11.4. The van der Waals surface area contributed by atoms with Gasteiger partial charge in [0.25, 0.3) is 0 Å². The molecule has 0 heterocycles. The van der Waals surface area contributed by atoms with Gasteiger partial charge in [-0.15, -0.1) is 0 Å². The Labute approximate surface area is 146 Å². The molecule has 1 aliphatic rings. The second-order valence-electron chi connectivity index (χ2n) is 6.24. The molecule has 5 heteroatoms. The van der Waals surface area contributed by atoms with Crippen LogP contribution in [0.2, 0.25) is 0 Å². The van der Waals surface area contributed by atoms with E-state index in [9.17, 15) is 9.59 Å². The minimum atomic E-state index is -1.03. The third-order valence-corrected chi connectivity index (χ3v) is 4.28. The molecule has 2 aromatic carbocycles. The summed E-state index contributed by atoms with van der Waals surface area (Å²) < 4.78 is 5.06. The summed E-state index contributed by atoms with van der Waals surface area (Å²) >= 11 is 0. The van der Waals surface area contributed by atoms with Crippen LogP contribution in [0.15, 0.2) is 42.5 Å². The highest BCUT2D eigenvalue weighted by Crippen LogP contribution is 2.22. The first-order valence-electron chi connectivity index (χ1n) is 8.45. The summed E-state index contributed by atoms with van der Waals surface area (Å²) in [7, 11) is 0. The van der Waals surface area contributed by atoms with E-state index in [1.807, 2.05) is 6.07 Å². The fraction of sp³-hybridized carbons (Fsp3) is 0.300. The molecule has 25 heavy (non-hydrogen) atoms. The van der Waals surface area contributed by atoms with Crippen LogP contribution < -0.4 is 10.1 Å². The topological polar surface area (TPSA) is 75.6 Å². The van der Waals surface area contributed by atoms with Crippen LogP contribution in [-0.4, -0.2) is 23.6 Å². The number of fused-ring (bicyclic) bond motifs is 1. The number of nitrogens with one attached hydrogen (secondary N) is 1. The number of hydrogen-bond donors (Lipinski definition) is 2. The van der Waals surface area contributed by atoms with Crippen molar-refractivity contribution >= 4 is 17.6 Å². The Morgan fingerprint density at radius 2 is 1.72 bits per heavy atom. The maximum absolute atomic E-state index is 12.2. The maximum atomic E-state index is 12.2. The van der Waals surface area contributed by atoms with Gasteiger partial charge in [-0.2, -0.15) is 0 Å². The molecule has 0 radical (unpaired) electrons. The van der Waals surface area contributed by atoms with Crippen molar-refractivity contribution in [1.82, 2.24) is 0 Å². The molecule has 3 rings (SSSR count). The smallest absolute Gasteiger partial charge is 0.341 e. The second-order valence-corrected chi connectivity index (χ2v) is 6.24. The van der Waals surface area contributed by atoms with E-state index in [4.69, 9.17) is 9.84 Å². The van der Waals surface area contributed by atoms with E-state index in [1.54, 1.807) is 24.3 Å². The number of amides is 1. The number of carboxylic acid groups (broad SMARTS) is 1. The first-order chi connectivity index (χ1) is 12.1. The van der Waals surface area contributed by atoms with E-state index in [0.29, 0.717) is 17.9 Å². The average molecular weight is 339 g/mol. The number of aliphatic carboxylic acids is 1. The number of hydrogen-bond acceptors (Lipinski definition) is 3. The van der Waals surface area contributed by atoms with Crippen molar-refractivity contribution in [3.8, 4) is 5.75 Å². The Morgan fingerprint density at radius 3 is 2.44 bits per heavy atom. The quantitative estimate of drug-likeness (QED) is 0.847. The summed E-state index contributed by atoms with van der Waals surface area (Å²) in [6.45, 7) is -0.385. The third-order valence-electron chi connectivity index (χ3n) is 4.28. The molecule has 1 amide bonds. The number of carbonyl (C=O) groups excluding carboxylic acids is 1. The molecular weight excluding hydrogens is 318 g/mol. The molecule has 0 atom stereocenters. The van der Waals surface area contributed by atoms with E-state index in [2.05, 4.69) is 17.4 Å². The predicted octanol–water partition coefficient (Wildman–Crippen LogP) is 3.21. The van der Waals surface area contributed by atoms with Crippen LogP contribution in [0.25, 0.3) is 0 Å². The molecule has 0 spiro atoms. The summed E-state index contributed by atoms with van der Waals surface area (Å²) in [5.41, 5.74) is 4.47. The van der Waals surface area contributed by atoms with Gasteiger partial charge in [-0.05, 0) is 66.6 Å². The lowest BCUT2D eigenvalue weighted by Gasteiger charge is -2.16. The molecule has 0 saturated carbocycles. The van der Waals surface area contributed by atoms with Gasteiger partial charge in [0.05, 0.1) is 6.42 Å². The molecule has 0 aliphatic heterocycles. The Morgan fingerprint density at radius 1 is 1.00 bits per heavy atom. The highest BCUT2D eigenvalue weighted by molar-refractivity contribution is 5.92. The summed E-state index contributed by atoms with van der Waals surface area (Å²) in [6.07, 6.45) is 5.04. The third kappa shape index (κ3) is 4.83. The van der Waals surface area contributed by atoms with Gasteiger partial charge < -0.3 is 15.2 Å². The highest BCUT2D eigenvalue weighted by Gasteiger charge is 2.11. The predicted molar refractivity (Wildman–Crippen MR) is 95.0 cm³/mol. The highest BCUT2D eigenvalue weighted by atomic mass is 16.5. The number of carbonyl (C=O) groups is 2. The van der Waals surface area contributed by atoms with Gasteiger partial charge in [0.1, 0.15) is 5.75 Å². The average Bonchev–Trinajstić information content (AvgIpc) is 2.61. The van der Waals surface area contributed by atoms with Gasteiger partial charge in [0.2, 0.25) is 5.91 Å². The Kier molecular flexibility index (Phi) is 5.33. The first kappa shape index (κ1) is 17.0. The fourth-order valence-corrected chi connectivity index (χ4v) is 3.07. The zero-order valence-corrected chi connectivity index (χ0v) is 14.0. The van der Waals surface area contributed by atoms with E-state index >= 15 is 0 Å². The summed E-state index contributed by atoms with van der Waals surface area (Å²) in [4.78, 5) is 22.7. The lowest BCUT2D eigenvalue weighted by molar-refractivity contribution is -0.139. The van der Waals surface area contributed by atoms with Crippen LogP contribution >= 0.6 is 0 Å². The molecule has 0 saturated heterocycles. The number of benzene rings is 2. The molecular formula is C20H21NO4. The van der Waals surface area contributed by atoms with Gasteiger partial charge in [-0.1, -0.05) is 18.2 Å². The van der Waals surface area contributed by atoms with Crippen LogP contribution in [0.5, 0.6) is 5.75 Å². The molecule has 0 aromatic heterocycles. The standard InChI is InChI=1S/C20H21NO4/c22-19(12-14-5-6-15-3-1-2-4-16(15)11-14)21-17-7-9-18(10-8-17)25-13-20(23)24/h5-11H,1-4,12-13H2,(H,21,22)(H,23,24). The number of anilines is 1. The number of aryl methyl sites for hydroxylation is 2. The fourth-order valence-electron chi connectivity index (χ4n) is 3.07. The van der Waals surface area contributed by atoms with Crippen LogP contribution in [0.1, 0.15) is 29.5 Å². The number of carboxylic acids is 1. The normalized spacial score (nSPS) is 13.0. The van der Waals surface area contributed by atoms with Crippen LogP contribution in [-0.2, 0) is 28.9 Å². The van der Waals surface area contributed by atoms with Gasteiger partial charge in [0, 0.05) is 5.69 Å². The monoisotopic (exact) mass is 339 g/mol. The van der Waals surface area contributed by atoms with Gasteiger partial charge in [0.15, 0.2) is 6.61 Å². The second kappa shape index (κ2) is 7.83. The lowest BCUT2D eigenvalue weighted by Crippen LogP contribution is -2.15. The van der Waals surface area contributed by atoms with Crippen molar-refractivity contribution < 1.29 is 19.4 Å². The number of ether oxygens (including phenoxy) is 1. The van der Waals surface area contributed by atoms with E-state index in [1.165, 1.54) is 24.0 Å². The molecule has 2 aromatic rings. The zero-order chi connectivity index (χ0) is 17.6. The SMILES string of the molecule is O=C(O)COc1ccc(NC(=O)Cc2ccc3c(c2)CCCC3)cc1. The van der Waals surface area contributed by atoms with Crippen molar-refractivity contribution in [2.75, 3.05) is 11.9 Å². The van der Waals surface area contributed by atoms with E-state index < -0.39 is 5.97 Å². The molecule has 130 valence electrons. The van der Waals surface area contributed by atoms with Gasteiger partial charge in [-0.3, -0.25) is 4.79 Å². The Balaban J connectivity index is 1.56. The van der Waals surface area contributed by atoms with Crippen molar-refractivity contribution in [3.63, 3.8) is 0 Å². The van der Waals surface area contributed by atoms with Crippen molar-refractivity contribution in [1.29, 1.82) is 0 Å². The van der Waals surface area contributed by atoms with Crippen molar-refractivity contribution in [2.24, 2.45) is 0 Å². The largest absolute Gasteiger partial charge is 0.482 e. The molecule has 0 fully saturated rings. The van der Waals surface area contributed by atoms with E-state index in [0.717, 1.165) is 18.4 Å². The summed E-state index contributed by atoms with van der Waals surface area (Å²) in [6, 6.07) is 13.0. The summed E-state index contributed by atoms with van der Waals surface area (Å²) in [5.74, 6) is -0.646. The van der Waals surface area contributed by atoms with Crippen molar-refractivity contribution in [2.45, 2.75) is 32.1 Å². The Hall–Kier alpha value is -2.82. The molecule has 0 unspecified atom stereocenters. The van der Waals surface area contributed by atoms with Crippen LogP contribution in [0.3, 0.4) is 0 Å². The van der Waals surface area contributed by atoms with Crippen LogP contribution in [0, 0.1) is 0 Å². The molecule has 0 bridgehead atoms. The molecule has 1 aliphatic carbocycles. The maximum Gasteiger partial charge on any atom is 0.341 e. The first-order valence-corrected chi connectivity index (χ1v) is 8.45. The minimum Gasteiger partial charge on any atom is -0.482 e. The number of rotatable bonds is 6.